The van der Waals surface area contributed by atoms with Crippen molar-refractivity contribution in [2.24, 2.45) is 0 Å². The third-order valence-corrected chi connectivity index (χ3v) is 3.27. The van der Waals surface area contributed by atoms with Crippen LogP contribution in [0.25, 0.3) is 0 Å². The van der Waals surface area contributed by atoms with E-state index in [2.05, 4.69) is 4.98 Å². The minimum absolute atomic E-state index is 0.296. The maximum Gasteiger partial charge on any atom is 0.268 e. The Labute approximate surface area is 106 Å². The highest BCUT2D eigenvalue weighted by atomic mass is 32.2. The number of amides is 1. The first kappa shape index (κ1) is 12.8. The predicted molar refractivity (Wildman–Crippen MR) is 68.0 cm³/mol. The highest BCUT2D eigenvalue weighted by Gasteiger charge is 2.21. The van der Waals surface area contributed by atoms with Crippen molar-refractivity contribution in [2.45, 2.75) is 12.8 Å². The zero-order valence-corrected chi connectivity index (χ0v) is 10.9. The van der Waals surface area contributed by atoms with E-state index >= 15 is 0 Å². The minimum Gasteiger partial charge on any atom is -0.356 e. The van der Waals surface area contributed by atoms with Crippen molar-refractivity contribution in [3.05, 3.63) is 23.9 Å². The van der Waals surface area contributed by atoms with E-state index < -0.39 is 15.9 Å². The summed E-state index contributed by atoms with van der Waals surface area (Å²) in [5.41, 5.74) is 0.296. The van der Waals surface area contributed by atoms with Gasteiger partial charge >= 0.3 is 0 Å². The van der Waals surface area contributed by atoms with E-state index in [-0.39, 0.29) is 0 Å². The van der Waals surface area contributed by atoms with Crippen molar-refractivity contribution >= 4 is 21.7 Å². The van der Waals surface area contributed by atoms with Crippen LogP contribution in [-0.2, 0) is 10.0 Å². The Morgan fingerprint density at radius 1 is 1.39 bits per heavy atom. The molecule has 1 saturated heterocycles. The molecule has 18 heavy (non-hydrogen) atoms. The molecule has 1 aromatic rings. The summed E-state index contributed by atoms with van der Waals surface area (Å²) in [4.78, 5) is 18.1. The van der Waals surface area contributed by atoms with Crippen LogP contribution in [0.3, 0.4) is 0 Å². The molecule has 0 saturated carbocycles. The Balaban J connectivity index is 2.29. The highest BCUT2D eigenvalue weighted by Crippen LogP contribution is 2.21. The third-order valence-electron chi connectivity index (χ3n) is 2.71. The van der Waals surface area contributed by atoms with Crippen LogP contribution in [0.15, 0.2) is 18.3 Å². The number of carbonyl (C=O) groups excluding carboxylic acids is 1. The molecule has 2 heterocycles. The van der Waals surface area contributed by atoms with Gasteiger partial charge < -0.3 is 4.90 Å². The van der Waals surface area contributed by atoms with Gasteiger partial charge in [-0.1, -0.05) is 0 Å². The lowest BCUT2D eigenvalue weighted by molar-refractivity contribution is 0.0982. The first-order valence-electron chi connectivity index (χ1n) is 5.69. The molecule has 0 bridgehead atoms. The van der Waals surface area contributed by atoms with Crippen molar-refractivity contribution < 1.29 is 13.2 Å². The van der Waals surface area contributed by atoms with Gasteiger partial charge in [0.1, 0.15) is 5.82 Å². The number of nitrogens with zero attached hydrogens (tertiary/aromatic N) is 2. The highest BCUT2D eigenvalue weighted by molar-refractivity contribution is 7.89. The molecule has 1 N–H and O–H groups in total. The number of anilines is 1. The van der Waals surface area contributed by atoms with Gasteiger partial charge in [-0.05, 0) is 25.0 Å². The fourth-order valence-electron chi connectivity index (χ4n) is 1.98. The molecular formula is C11H15N3O3S. The van der Waals surface area contributed by atoms with Crippen LogP contribution in [0.4, 0.5) is 5.82 Å². The Bertz CT molecular complexity index is 550. The van der Waals surface area contributed by atoms with E-state index in [4.69, 9.17) is 0 Å². The van der Waals surface area contributed by atoms with Crippen LogP contribution in [0.5, 0.6) is 0 Å². The molecule has 0 aliphatic carbocycles. The van der Waals surface area contributed by atoms with Crippen LogP contribution < -0.4 is 9.62 Å². The van der Waals surface area contributed by atoms with Crippen LogP contribution >= 0.6 is 0 Å². The number of hydrogen-bond donors (Lipinski definition) is 1. The summed E-state index contributed by atoms with van der Waals surface area (Å²) in [6.45, 7) is 1.69. The molecule has 1 aliphatic rings. The molecule has 6 nitrogen and oxygen atoms in total. The number of hydrogen-bond acceptors (Lipinski definition) is 5. The van der Waals surface area contributed by atoms with Gasteiger partial charge in [-0.2, -0.15) is 0 Å². The number of aromatic nitrogens is 1. The summed E-state index contributed by atoms with van der Waals surface area (Å²) in [5.74, 6) is -0.0800. The zero-order chi connectivity index (χ0) is 13.2. The lowest BCUT2D eigenvalue weighted by Crippen LogP contribution is -2.31. The fourth-order valence-corrected chi connectivity index (χ4v) is 2.43. The smallest absolute Gasteiger partial charge is 0.268 e. The quantitative estimate of drug-likeness (QED) is 0.857. The normalized spacial score (nSPS) is 15.7. The summed E-state index contributed by atoms with van der Waals surface area (Å²) in [7, 11) is -3.56. The molecule has 1 aliphatic heterocycles. The summed E-state index contributed by atoms with van der Waals surface area (Å²) < 4.78 is 24.1. The number of sulfonamides is 1. The Hall–Kier alpha value is -1.63. The van der Waals surface area contributed by atoms with Crippen LogP contribution in [0, 0.1) is 0 Å². The average Bonchev–Trinajstić information content (AvgIpc) is 2.80. The van der Waals surface area contributed by atoms with E-state index in [9.17, 15) is 13.2 Å². The van der Waals surface area contributed by atoms with Gasteiger partial charge in [-0.25, -0.2) is 18.1 Å². The van der Waals surface area contributed by atoms with Crippen molar-refractivity contribution in [3.63, 3.8) is 0 Å². The fraction of sp³-hybridized carbons (Fsp3) is 0.455. The maximum atomic E-state index is 11.9. The van der Waals surface area contributed by atoms with Crippen molar-refractivity contribution in [1.29, 1.82) is 0 Å². The lowest BCUT2D eigenvalue weighted by Gasteiger charge is -2.19. The monoisotopic (exact) mass is 269 g/mol. The van der Waals surface area contributed by atoms with E-state index in [0.29, 0.717) is 11.4 Å². The second kappa shape index (κ2) is 4.93. The molecule has 1 amide bonds. The Morgan fingerprint density at radius 2 is 2.06 bits per heavy atom. The number of rotatable bonds is 3. The molecule has 1 fully saturated rings. The van der Waals surface area contributed by atoms with Gasteiger partial charge in [0.05, 0.1) is 11.8 Å². The molecule has 2 rings (SSSR count). The van der Waals surface area contributed by atoms with Crippen LogP contribution in [0.1, 0.15) is 23.2 Å². The van der Waals surface area contributed by atoms with E-state index in [1.165, 1.54) is 0 Å². The summed E-state index contributed by atoms with van der Waals surface area (Å²) in [6.07, 6.45) is 4.68. The first-order chi connectivity index (χ1) is 8.47. The average molecular weight is 269 g/mol. The van der Waals surface area contributed by atoms with E-state index in [1.54, 1.807) is 18.3 Å². The standard InChI is InChI=1S/C11H15N3O3S/c1-18(16,17)13-11(15)9-5-4-6-12-10(9)14-7-2-3-8-14/h4-6H,2-3,7-8H2,1H3,(H,13,15). The van der Waals surface area contributed by atoms with Crippen LogP contribution in [0.2, 0.25) is 0 Å². The molecule has 1 aromatic heterocycles. The van der Waals surface area contributed by atoms with Gasteiger partial charge in [0.15, 0.2) is 0 Å². The number of pyridine rings is 1. The Morgan fingerprint density at radius 3 is 2.67 bits per heavy atom. The molecule has 0 aromatic carbocycles. The van der Waals surface area contributed by atoms with Crippen molar-refractivity contribution in [3.8, 4) is 0 Å². The lowest BCUT2D eigenvalue weighted by atomic mass is 10.2. The minimum atomic E-state index is -3.56. The van der Waals surface area contributed by atoms with Gasteiger partial charge in [0.25, 0.3) is 5.91 Å². The van der Waals surface area contributed by atoms with Gasteiger partial charge in [0.2, 0.25) is 10.0 Å². The van der Waals surface area contributed by atoms with Gasteiger partial charge in [-0.15, -0.1) is 0 Å². The maximum absolute atomic E-state index is 11.9. The zero-order valence-electron chi connectivity index (χ0n) is 10.1. The summed E-state index contributed by atoms with van der Waals surface area (Å²) in [6, 6.07) is 3.21. The second-order valence-electron chi connectivity index (χ2n) is 4.27. The molecule has 0 unspecified atom stereocenters. The molecular weight excluding hydrogens is 254 g/mol. The second-order valence-corrected chi connectivity index (χ2v) is 6.02. The molecule has 0 radical (unpaired) electrons. The van der Waals surface area contributed by atoms with Crippen LogP contribution in [-0.4, -0.2) is 38.7 Å². The number of carbonyl (C=O) groups is 1. The first-order valence-corrected chi connectivity index (χ1v) is 7.58. The van der Waals surface area contributed by atoms with Gasteiger partial charge in [0, 0.05) is 19.3 Å². The largest absolute Gasteiger partial charge is 0.356 e. The predicted octanol–water partition coefficient (Wildman–Crippen LogP) is 0.371. The molecule has 0 atom stereocenters. The SMILES string of the molecule is CS(=O)(=O)NC(=O)c1cccnc1N1CCCC1. The molecule has 7 heteroatoms. The van der Waals surface area contributed by atoms with Gasteiger partial charge in [-0.3, -0.25) is 4.79 Å². The summed E-state index contributed by atoms with van der Waals surface area (Å²) in [5, 5.41) is 0. The number of nitrogens with one attached hydrogen (secondary N) is 1. The topological polar surface area (TPSA) is 79.4 Å². The van der Waals surface area contributed by atoms with Crippen molar-refractivity contribution in [1.82, 2.24) is 9.71 Å². The summed E-state index contributed by atoms with van der Waals surface area (Å²) >= 11 is 0. The Kier molecular flexibility index (Phi) is 3.51. The van der Waals surface area contributed by atoms with Crippen molar-refractivity contribution in [2.75, 3.05) is 24.2 Å². The van der Waals surface area contributed by atoms with E-state index in [0.717, 1.165) is 32.2 Å². The molecule has 0 spiro atoms. The third kappa shape index (κ3) is 2.98. The van der Waals surface area contributed by atoms with E-state index in [1.807, 2.05) is 9.62 Å². The molecule has 98 valence electrons.